The Morgan fingerprint density at radius 2 is 2.20 bits per heavy atom. The van der Waals surface area contributed by atoms with Crippen molar-refractivity contribution < 1.29 is 9.18 Å². The molecule has 0 aliphatic heterocycles. The van der Waals surface area contributed by atoms with Crippen molar-refractivity contribution in [1.82, 2.24) is 4.90 Å². The van der Waals surface area contributed by atoms with Gasteiger partial charge in [-0.1, -0.05) is 6.42 Å². The third kappa shape index (κ3) is 2.39. The molecular formula is C16H21FN2O. The largest absolute Gasteiger partial charge is 0.398 e. The molecule has 0 aromatic heterocycles. The standard InChI is InChI=1S/C16H21FN2O/c1-19(9-12-7-10-2-3-11(12)6-10)16(20)14-5-4-13(17)8-15(14)18/h4-5,8,10-12H,2-3,6-7,9,18H2,1H3. The summed E-state index contributed by atoms with van der Waals surface area (Å²) in [4.78, 5) is 14.1. The molecular weight excluding hydrogens is 255 g/mol. The van der Waals surface area contributed by atoms with Crippen LogP contribution in [0.5, 0.6) is 0 Å². The molecule has 3 atom stereocenters. The van der Waals surface area contributed by atoms with Gasteiger partial charge >= 0.3 is 0 Å². The number of fused-ring (bicyclic) bond motifs is 2. The number of anilines is 1. The first-order valence-corrected chi connectivity index (χ1v) is 7.35. The van der Waals surface area contributed by atoms with Crippen molar-refractivity contribution >= 4 is 11.6 Å². The smallest absolute Gasteiger partial charge is 0.255 e. The molecule has 1 aromatic carbocycles. The average molecular weight is 276 g/mol. The van der Waals surface area contributed by atoms with Crippen LogP contribution in [0, 0.1) is 23.6 Å². The lowest BCUT2D eigenvalue weighted by Gasteiger charge is -2.27. The Hall–Kier alpha value is -1.58. The second-order valence-corrected chi connectivity index (χ2v) is 6.35. The summed E-state index contributed by atoms with van der Waals surface area (Å²) in [5.74, 6) is 1.79. The third-order valence-electron chi connectivity index (χ3n) is 4.98. The molecule has 2 bridgehead atoms. The zero-order valence-electron chi connectivity index (χ0n) is 11.8. The fraction of sp³-hybridized carbons (Fsp3) is 0.562. The number of halogens is 1. The van der Waals surface area contributed by atoms with E-state index in [-0.39, 0.29) is 11.6 Å². The highest BCUT2D eigenvalue weighted by Crippen LogP contribution is 2.48. The lowest BCUT2D eigenvalue weighted by atomic mass is 9.88. The van der Waals surface area contributed by atoms with Crippen LogP contribution in [0.25, 0.3) is 0 Å². The minimum Gasteiger partial charge on any atom is -0.398 e. The van der Waals surface area contributed by atoms with E-state index < -0.39 is 5.82 Å². The van der Waals surface area contributed by atoms with Crippen LogP contribution in [-0.4, -0.2) is 24.4 Å². The van der Waals surface area contributed by atoms with Gasteiger partial charge in [-0.2, -0.15) is 0 Å². The summed E-state index contributed by atoms with van der Waals surface area (Å²) in [6.07, 6.45) is 5.27. The summed E-state index contributed by atoms with van der Waals surface area (Å²) in [5, 5.41) is 0. The Bertz CT molecular complexity index is 531. The highest BCUT2D eigenvalue weighted by atomic mass is 19.1. The van der Waals surface area contributed by atoms with E-state index in [4.69, 9.17) is 5.73 Å². The van der Waals surface area contributed by atoms with Gasteiger partial charge in [-0.15, -0.1) is 0 Å². The highest BCUT2D eigenvalue weighted by Gasteiger charge is 2.40. The molecule has 3 rings (SSSR count). The maximum Gasteiger partial charge on any atom is 0.255 e. The summed E-state index contributed by atoms with van der Waals surface area (Å²) in [6, 6.07) is 3.97. The fourth-order valence-electron chi connectivity index (χ4n) is 3.97. The summed E-state index contributed by atoms with van der Waals surface area (Å²) >= 11 is 0. The van der Waals surface area contributed by atoms with Gasteiger partial charge in [-0.3, -0.25) is 4.79 Å². The zero-order chi connectivity index (χ0) is 14.3. The van der Waals surface area contributed by atoms with Gasteiger partial charge in [0.05, 0.1) is 5.56 Å². The Morgan fingerprint density at radius 1 is 1.40 bits per heavy atom. The van der Waals surface area contributed by atoms with E-state index in [0.717, 1.165) is 18.4 Å². The van der Waals surface area contributed by atoms with Crippen molar-refractivity contribution in [2.24, 2.45) is 17.8 Å². The molecule has 2 aliphatic rings. The predicted molar refractivity (Wildman–Crippen MR) is 76.7 cm³/mol. The summed E-state index contributed by atoms with van der Waals surface area (Å²) in [5.41, 5.74) is 6.36. The van der Waals surface area contributed by atoms with E-state index in [2.05, 4.69) is 0 Å². The number of hydrogen-bond acceptors (Lipinski definition) is 2. The molecule has 2 fully saturated rings. The van der Waals surface area contributed by atoms with Crippen molar-refractivity contribution in [2.75, 3.05) is 19.3 Å². The van der Waals surface area contributed by atoms with E-state index in [0.29, 0.717) is 11.5 Å². The molecule has 2 aliphatic carbocycles. The van der Waals surface area contributed by atoms with Gasteiger partial charge < -0.3 is 10.6 Å². The van der Waals surface area contributed by atoms with E-state index in [1.54, 1.807) is 4.90 Å². The van der Waals surface area contributed by atoms with E-state index in [1.807, 2.05) is 7.05 Å². The molecule has 0 heterocycles. The minimum atomic E-state index is -0.408. The number of nitrogens with two attached hydrogens (primary N) is 1. The number of nitrogen functional groups attached to an aromatic ring is 1. The zero-order valence-corrected chi connectivity index (χ0v) is 11.8. The van der Waals surface area contributed by atoms with Crippen molar-refractivity contribution in [1.29, 1.82) is 0 Å². The fourth-order valence-corrected chi connectivity index (χ4v) is 3.97. The number of amides is 1. The first-order valence-electron chi connectivity index (χ1n) is 7.35. The molecule has 3 nitrogen and oxygen atoms in total. The number of carbonyl (C=O) groups is 1. The second-order valence-electron chi connectivity index (χ2n) is 6.35. The monoisotopic (exact) mass is 276 g/mol. The van der Waals surface area contributed by atoms with Crippen LogP contribution in [0.2, 0.25) is 0 Å². The van der Waals surface area contributed by atoms with Crippen LogP contribution in [0.4, 0.5) is 10.1 Å². The van der Waals surface area contributed by atoms with Crippen LogP contribution >= 0.6 is 0 Å². The van der Waals surface area contributed by atoms with Crippen LogP contribution in [-0.2, 0) is 0 Å². The molecule has 3 unspecified atom stereocenters. The van der Waals surface area contributed by atoms with Crippen molar-refractivity contribution in [3.8, 4) is 0 Å². The number of hydrogen-bond donors (Lipinski definition) is 1. The molecule has 0 spiro atoms. The number of rotatable bonds is 3. The van der Waals surface area contributed by atoms with Gasteiger partial charge in [0.25, 0.3) is 5.91 Å². The highest BCUT2D eigenvalue weighted by molar-refractivity contribution is 5.98. The number of carbonyl (C=O) groups excluding carboxylic acids is 1. The maximum atomic E-state index is 13.0. The van der Waals surface area contributed by atoms with Crippen molar-refractivity contribution in [3.05, 3.63) is 29.6 Å². The number of nitrogens with zero attached hydrogens (tertiary/aromatic N) is 1. The molecule has 20 heavy (non-hydrogen) atoms. The normalized spacial score (nSPS) is 27.8. The maximum absolute atomic E-state index is 13.0. The third-order valence-corrected chi connectivity index (χ3v) is 4.98. The number of benzene rings is 1. The minimum absolute atomic E-state index is 0.106. The molecule has 0 radical (unpaired) electrons. The second kappa shape index (κ2) is 5.08. The van der Waals surface area contributed by atoms with Crippen molar-refractivity contribution in [2.45, 2.75) is 25.7 Å². The quantitative estimate of drug-likeness (QED) is 0.863. The lowest BCUT2D eigenvalue weighted by molar-refractivity contribution is 0.0755. The SMILES string of the molecule is CN(CC1CC2CCC1C2)C(=O)c1ccc(F)cc1N. The Morgan fingerprint density at radius 3 is 2.80 bits per heavy atom. The average Bonchev–Trinajstić information content (AvgIpc) is 3.00. The lowest BCUT2D eigenvalue weighted by Crippen LogP contribution is -2.34. The molecule has 1 aromatic rings. The van der Waals surface area contributed by atoms with E-state index in [9.17, 15) is 9.18 Å². The van der Waals surface area contributed by atoms with E-state index >= 15 is 0 Å². The van der Waals surface area contributed by atoms with E-state index in [1.165, 1.54) is 43.9 Å². The first kappa shape index (κ1) is 13.4. The van der Waals surface area contributed by atoms with Crippen LogP contribution in [0.15, 0.2) is 18.2 Å². The molecule has 2 N–H and O–H groups in total. The van der Waals surface area contributed by atoms with Gasteiger partial charge in [0, 0.05) is 19.3 Å². The Labute approximate surface area is 118 Å². The van der Waals surface area contributed by atoms with Gasteiger partial charge in [0.1, 0.15) is 5.82 Å². The Kier molecular flexibility index (Phi) is 3.40. The van der Waals surface area contributed by atoms with Gasteiger partial charge in [0.15, 0.2) is 0 Å². The molecule has 2 saturated carbocycles. The van der Waals surface area contributed by atoms with Gasteiger partial charge in [-0.25, -0.2) is 4.39 Å². The van der Waals surface area contributed by atoms with Crippen molar-refractivity contribution in [3.63, 3.8) is 0 Å². The molecule has 4 heteroatoms. The Balaban J connectivity index is 1.67. The predicted octanol–water partition coefficient (Wildman–Crippen LogP) is 2.92. The van der Waals surface area contributed by atoms with Gasteiger partial charge in [-0.05, 0) is 55.2 Å². The molecule has 1 amide bonds. The van der Waals surface area contributed by atoms with Gasteiger partial charge in [0.2, 0.25) is 0 Å². The summed E-state index contributed by atoms with van der Waals surface area (Å²) in [6.45, 7) is 0.789. The first-order chi connectivity index (χ1) is 9.54. The topological polar surface area (TPSA) is 46.3 Å². The molecule has 0 saturated heterocycles. The van der Waals surface area contributed by atoms with Crippen LogP contribution in [0.1, 0.15) is 36.0 Å². The van der Waals surface area contributed by atoms with Crippen LogP contribution in [0.3, 0.4) is 0 Å². The van der Waals surface area contributed by atoms with Crippen LogP contribution < -0.4 is 5.73 Å². The summed E-state index contributed by atoms with van der Waals surface area (Å²) in [7, 11) is 1.82. The summed E-state index contributed by atoms with van der Waals surface area (Å²) < 4.78 is 13.0. The molecule has 108 valence electrons.